The Morgan fingerprint density at radius 3 is 2.37 bits per heavy atom. The number of benzene rings is 1. The zero-order valence-corrected chi connectivity index (χ0v) is 16.3. The minimum absolute atomic E-state index is 0.428. The Bertz CT molecular complexity index is 823. The van der Waals surface area contributed by atoms with E-state index in [-0.39, 0.29) is 0 Å². The molecule has 2 unspecified atom stereocenters. The van der Waals surface area contributed by atoms with E-state index in [1.807, 2.05) is 12.1 Å². The minimum atomic E-state index is -3.61. The molecule has 1 saturated heterocycles. The second-order valence-electron chi connectivity index (χ2n) is 7.25. The van der Waals surface area contributed by atoms with Crippen molar-refractivity contribution < 1.29 is 22.7 Å². The van der Waals surface area contributed by atoms with Crippen LogP contribution in [0.15, 0.2) is 24.3 Å². The number of amides is 1. The van der Waals surface area contributed by atoms with Crippen LogP contribution in [0.2, 0.25) is 0 Å². The van der Waals surface area contributed by atoms with Crippen LogP contribution < -0.4 is 4.90 Å². The average Bonchev–Trinajstić information content (AvgIpc) is 3.00. The first kappa shape index (κ1) is 19.6. The molecular weight excluding hydrogens is 368 g/mol. The van der Waals surface area contributed by atoms with Gasteiger partial charge < -0.3 is 9.47 Å². The van der Waals surface area contributed by atoms with Gasteiger partial charge in [-0.1, -0.05) is 12.1 Å². The van der Waals surface area contributed by atoms with Gasteiger partial charge >= 0.3 is 6.09 Å². The first-order chi connectivity index (χ1) is 12.8. The summed E-state index contributed by atoms with van der Waals surface area (Å²) in [5.74, 6) is 0.920. The lowest BCUT2D eigenvalue weighted by atomic mass is 9.78. The first-order valence-corrected chi connectivity index (χ1v) is 11.0. The third-order valence-electron chi connectivity index (χ3n) is 5.44. The van der Waals surface area contributed by atoms with E-state index in [1.54, 1.807) is 12.1 Å². The van der Waals surface area contributed by atoms with E-state index in [0.29, 0.717) is 23.9 Å². The van der Waals surface area contributed by atoms with Crippen molar-refractivity contribution in [2.24, 2.45) is 5.92 Å². The van der Waals surface area contributed by atoms with E-state index in [1.165, 1.54) is 12.7 Å². The van der Waals surface area contributed by atoms with Crippen molar-refractivity contribution >= 4 is 21.6 Å². The summed E-state index contributed by atoms with van der Waals surface area (Å²) < 4.78 is 34.4. The van der Waals surface area contributed by atoms with Crippen molar-refractivity contribution in [1.82, 2.24) is 0 Å². The molecule has 0 N–H and O–H groups in total. The van der Waals surface area contributed by atoms with Crippen molar-refractivity contribution in [2.75, 3.05) is 18.3 Å². The number of carbonyl (C=O) groups excluding carboxylic acids is 1. The summed E-state index contributed by atoms with van der Waals surface area (Å²) in [5.41, 5.74) is 1.64. The normalized spacial score (nSPS) is 28.6. The van der Waals surface area contributed by atoms with Crippen molar-refractivity contribution in [1.29, 1.82) is 5.26 Å². The van der Waals surface area contributed by atoms with Crippen molar-refractivity contribution in [3.05, 3.63) is 29.8 Å². The van der Waals surface area contributed by atoms with Gasteiger partial charge in [0.15, 0.2) is 9.84 Å². The number of ether oxygens (including phenoxy) is 2. The van der Waals surface area contributed by atoms with Crippen LogP contribution in [0.4, 0.5) is 10.5 Å². The van der Waals surface area contributed by atoms with Gasteiger partial charge in [-0.25, -0.2) is 13.2 Å². The number of hydrogen-bond acceptors (Lipinski definition) is 6. The number of rotatable bonds is 5. The van der Waals surface area contributed by atoms with Crippen LogP contribution >= 0.6 is 0 Å². The highest BCUT2D eigenvalue weighted by atomic mass is 32.2. The Hall–Kier alpha value is -2.11. The second-order valence-corrected chi connectivity index (χ2v) is 9.39. The molecule has 1 aliphatic carbocycles. The molecule has 1 heterocycles. The highest BCUT2D eigenvalue weighted by molar-refractivity contribution is 7.91. The number of nitrogens with zero attached hydrogens (tertiary/aromatic N) is 2. The summed E-state index contributed by atoms with van der Waals surface area (Å²) >= 11 is 0. The number of nitriles is 1. The van der Waals surface area contributed by atoms with Gasteiger partial charge in [-0.15, -0.1) is 0 Å². The van der Waals surface area contributed by atoms with Crippen molar-refractivity contribution in [3.8, 4) is 6.07 Å². The van der Waals surface area contributed by atoms with Gasteiger partial charge in [-0.2, -0.15) is 5.26 Å². The molecule has 27 heavy (non-hydrogen) atoms. The Labute approximate surface area is 159 Å². The third kappa shape index (κ3) is 4.09. The second kappa shape index (κ2) is 7.87. The third-order valence-corrected chi connectivity index (χ3v) is 6.75. The molecule has 1 aliphatic heterocycles. The molecule has 1 aromatic rings. The molecular formula is C19H24N2O5S. The van der Waals surface area contributed by atoms with Crippen molar-refractivity contribution in [2.45, 2.75) is 49.7 Å². The highest BCUT2D eigenvalue weighted by Gasteiger charge is 2.49. The Morgan fingerprint density at radius 1 is 1.22 bits per heavy atom. The van der Waals surface area contributed by atoms with Crippen LogP contribution in [0.5, 0.6) is 0 Å². The van der Waals surface area contributed by atoms with Crippen molar-refractivity contribution in [3.63, 3.8) is 0 Å². The molecule has 7 nitrogen and oxygen atoms in total. The predicted molar refractivity (Wildman–Crippen MR) is 99.8 cm³/mol. The zero-order chi connectivity index (χ0) is 19.6. The van der Waals surface area contributed by atoms with Crippen LogP contribution in [-0.2, 0) is 19.3 Å². The summed E-state index contributed by atoms with van der Waals surface area (Å²) in [7, 11) is -2.30. The molecule has 0 aromatic heterocycles. The maximum atomic E-state index is 12.2. The number of sulfone groups is 1. The summed E-state index contributed by atoms with van der Waals surface area (Å²) in [5, 5.41) is 7.62. The lowest BCUT2D eigenvalue weighted by Gasteiger charge is -2.28. The fraction of sp³-hybridized carbons (Fsp3) is 0.579. The largest absolute Gasteiger partial charge is 0.418 e. The van der Waals surface area contributed by atoms with Crippen LogP contribution in [0.1, 0.15) is 43.6 Å². The fourth-order valence-electron chi connectivity index (χ4n) is 3.99. The standard InChI is InChI=1S/C19H24N2O5S/c1-25-18-17(27(2,23)24)21(19(22)26-18)16-9-7-15(8-10-16)14-5-3-13(4-6-14)11-12-20/h7-10,13-14,17-18H,3-6,11H2,1-2H3. The molecule has 2 aliphatic rings. The van der Waals surface area contributed by atoms with Gasteiger partial charge in [0.25, 0.3) is 0 Å². The van der Waals surface area contributed by atoms with Crippen LogP contribution in [0, 0.1) is 17.2 Å². The SMILES string of the molecule is COC1OC(=O)N(c2ccc(C3CCC(CC#N)CC3)cc2)C1S(C)(=O)=O. The topological polar surface area (TPSA) is 96.7 Å². The summed E-state index contributed by atoms with van der Waals surface area (Å²) in [6.07, 6.45) is 3.96. The molecule has 1 aromatic carbocycles. The number of anilines is 1. The Morgan fingerprint density at radius 2 is 1.85 bits per heavy atom. The van der Waals surface area contributed by atoms with E-state index in [2.05, 4.69) is 6.07 Å². The Kier molecular flexibility index (Phi) is 5.72. The zero-order valence-electron chi connectivity index (χ0n) is 15.5. The monoisotopic (exact) mass is 392 g/mol. The molecule has 1 saturated carbocycles. The van der Waals surface area contributed by atoms with Gasteiger partial charge in [0, 0.05) is 25.5 Å². The molecule has 0 radical (unpaired) electrons. The summed E-state index contributed by atoms with van der Waals surface area (Å²) in [6, 6.07) is 9.65. The molecule has 2 atom stereocenters. The predicted octanol–water partition coefficient (Wildman–Crippen LogP) is 3.17. The van der Waals surface area contributed by atoms with Gasteiger partial charge in [-0.3, -0.25) is 4.90 Å². The average molecular weight is 392 g/mol. The van der Waals surface area contributed by atoms with Gasteiger partial charge in [0.2, 0.25) is 11.7 Å². The quantitative estimate of drug-likeness (QED) is 0.763. The molecule has 8 heteroatoms. The molecule has 0 spiro atoms. The van der Waals surface area contributed by atoms with Gasteiger partial charge in [0.05, 0.1) is 6.07 Å². The maximum Gasteiger partial charge on any atom is 0.418 e. The number of hydrogen-bond donors (Lipinski definition) is 0. The number of carbonyl (C=O) groups is 1. The fourth-order valence-corrected chi connectivity index (χ4v) is 5.15. The summed E-state index contributed by atoms with van der Waals surface area (Å²) in [6.45, 7) is 0. The summed E-state index contributed by atoms with van der Waals surface area (Å²) in [4.78, 5) is 13.4. The van der Waals surface area contributed by atoms with Gasteiger partial charge in [-0.05, 0) is 55.2 Å². The van der Waals surface area contributed by atoms with E-state index >= 15 is 0 Å². The minimum Gasteiger partial charge on any atom is -0.416 e. The van der Waals surface area contributed by atoms with E-state index in [0.717, 1.165) is 36.8 Å². The smallest absolute Gasteiger partial charge is 0.416 e. The lowest BCUT2D eigenvalue weighted by molar-refractivity contribution is -0.0550. The van der Waals surface area contributed by atoms with Crippen LogP contribution in [0.3, 0.4) is 0 Å². The molecule has 1 amide bonds. The molecule has 0 bridgehead atoms. The maximum absolute atomic E-state index is 12.2. The first-order valence-electron chi connectivity index (χ1n) is 9.03. The van der Waals surface area contributed by atoms with Gasteiger partial charge in [0.1, 0.15) is 0 Å². The van der Waals surface area contributed by atoms with Crippen LogP contribution in [-0.4, -0.2) is 39.5 Å². The Balaban J connectivity index is 1.77. The van der Waals surface area contributed by atoms with E-state index in [4.69, 9.17) is 14.7 Å². The molecule has 3 rings (SSSR count). The van der Waals surface area contributed by atoms with E-state index in [9.17, 15) is 13.2 Å². The molecule has 146 valence electrons. The van der Waals surface area contributed by atoms with E-state index < -0.39 is 27.6 Å². The number of cyclic esters (lactones) is 1. The van der Waals surface area contributed by atoms with Crippen LogP contribution in [0.25, 0.3) is 0 Å². The number of methoxy groups -OCH3 is 1. The highest BCUT2D eigenvalue weighted by Crippen LogP contribution is 2.38. The lowest BCUT2D eigenvalue weighted by Crippen LogP contribution is -2.43. The molecule has 2 fully saturated rings.